The van der Waals surface area contributed by atoms with Crippen LogP contribution in [0.3, 0.4) is 0 Å². The zero-order valence-corrected chi connectivity index (χ0v) is 15.1. The fourth-order valence-corrected chi connectivity index (χ4v) is 4.69. The molecule has 0 spiro atoms. The average Bonchev–Trinajstić information content (AvgIpc) is 3.13. The van der Waals surface area contributed by atoms with Gasteiger partial charge in [0, 0.05) is 28.4 Å². The van der Waals surface area contributed by atoms with Crippen LogP contribution in [0.5, 0.6) is 0 Å². The lowest BCUT2D eigenvalue weighted by molar-refractivity contribution is -0.122. The van der Waals surface area contributed by atoms with Crippen LogP contribution in [0.15, 0.2) is 34.0 Å². The summed E-state index contributed by atoms with van der Waals surface area (Å²) in [7, 11) is 0. The maximum atomic E-state index is 12.9. The van der Waals surface area contributed by atoms with E-state index in [2.05, 4.69) is 10.3 Å². The number of thiophene rings is 2. The Morgan fingerprint density at radius 3 is 2.96 bits per heavy atom. The van der Waals surface area contributed by atoms with Crippen molar-refractivity contribution in [2.75, 3.05) is 6.54 Å². The third-order valence-electron chi connectivity index (χ3n) is 4.45. The summed E-state index contributed by atoms with van der Waals surface area (Å²) < 4.78 is 1.38. The van der Waals surface area contributed by atoms with Crippen molar-refractivity contribution in [3.8, 4) is 10.4 Å². The fraction of sp³-hybridized carbons (Fsp3) is 0.353. The van der Waals surface area contributed by atoms with Gasteiger partial charge in [-0.1, -0.05) is 6.07 Å². The zero-order chi connectivity index (χ0) is 17.4. The first-order chi connectivity index (χ1) is 12.2. The average molecular weight is 374 g/mol. The highest BCUT2D eigenvalue weighted by Crippen LogP contribution is 2.33. The molecule has 1 unspecified atom stereocenters. The number of nitrogens with two attached hydrogens (primary N) is 1. The van der Waals surface area contributed by atoms with Crippen LogP contribution in [-0.2, 0) is 11.3 Å². The number of amides is 1. The van der Waals surface area contributed by atoms with Gasteiger partial charge in [-0.05, 0) is 30.2 Å². The lowest BCUT2D eigenvalue weighted by Gasteiger charge is -2.16. The first-order valence-corrected chi connectivity index (χ1v) is 9.93. The van der Waals surface area contributed by atoms with E-state index in [1.807, 2.05) is 22.9 Å². The maximum Gasteiger partial charge on any atom is 0.263 e. The van der Waals surface area contributed by atoms with Gasteiger partial charge in [0.25, 0.3) is 5.56 Å². The summed E-state index contributed by atoms with van der Waals surface area (Å²) in [6, 6.07) is 3.94. The molecule has 3 aromatic rings. The predicted molar refractivity (Wildman–Crippen MR) is 101 cm³/mol. The second-order valence-electron chi connectivity index (χ2n) is 6.23. The van der Waals surface area contributed by atoms with E-state index in [0.717, 1.165) is 23.3 Å². The van der Waals surface area contributed by atoms with Gasteiger partial charge in [-0.3, -0.25) is 14.2 Å². The van der Waals surface area contributed by atoms with Crippen molar-refractivity contribution >= 4 is 38.8 Å². The summed E-state index contributed by atoms with van der Waals surface area (Å²) in [5, 5.41) is 7.45. The Hall–Kier alpha value is -2.03. The molecule has 1 aliphatic carbocycles. The molecule has 3 aromatic heterocycles. The van der Waals surface area contributed by atoms with E-state index in [0.29, 0.717) is 22.7 Å². The van der Waals surface area contributed by atoms with Crippen molar-refractivity contribution in [1.82, 2.24) is 14.9 Å². The Balaban J connectivity index is 1.62. The van der Waals surface area contributed by atoms with E-state index in [1.54, 1.807) is 11.3 Å². The molecule has 0 bridgehead atoms. The Morgan fingerprint density at radius 1 is 1.44 bits per heavy atom. The SMILES string of the molecule is NCC(NC(=O)Cn1cnc2scc(-c3cccs3)c2c1=O)C1CC1. The fourth-order valence-electron chi connectivity index (χ4n) is 2.97. The number of carbonyl (C=O) groups is 1. The van der Waals surface area contributed by atoms with E-state index in [-0.39, 0.29) is 24.1 Å². The van der Waals surface area contributed by atoms with Crippen molar-refractivity contribution in [3.05, 3.63) is 39.6 Å². The molecule has 1 aliphatic rings. The summed E-state index contributed by atoms with van der Waals surface area (Å²) in [5.74, 6) is 0.284. The number of fused-ring (bicyclic) bond motifs is 1. The van der Waals surface area contributed by atoms with Crippen molar-refractivity contribution in [3.63, 3.8) is 0 Å². The zero-order valence-electron chi connectivity index (χ0n) is 13.5. The number of carbonyl (C=O) groups excluding carboxylic acids is 1. The van der Waals surface area contributed by atoms with Gasteiger partial charge in [-0.15, -0.1) is 22.7 Å². The molecule has 4 rings (SSSR count). The first kappa shape index (κ1) is 16.4. The van der Waals surface area contributed by atoms with Gasteiger partial charge < -0.3 is 11.1 Å². The van der Waals surface area contributed by atoms with E-state index in [4.69, 9.17) is 5.73 Å². The normalized spacial score (nSPS) is 15.4. The molecule has 1 fully saturated rings. The van der Waals surface area contributed by atoms with Crippen LogP contribution in [0.4, 0.5) is 0 Å². The summed E-state index contributed by atoms with van der Waals surface area (Å²) in [5.41, 5.74) is 6.44. The van der Waals surface area contributed by atoms with Gasteiger partial charge >= 0.3 is 0 Å². The Labute approximate surface area is 152 Å². The molecule has 6 nitrogen and oxygen atoms in total. The lowest BCUT2D eigenvalue weighted by atomic mass is 10.2. The van der Waals surface area contributed by atoms with Gasteiger partial charge in [0.15, 0.2) is 0 Å². The standard InChI is InChI=1S/C17H18N4O2S2/c18-6-12(10-3-4-10)20-14(22)7-21-9-19-16-15(17(21)23)11(8-25-16)13-2-1-5-24-13/h1-2,5,8-10,12H,3-4,6-7,18H2,(H,20,22). The van der Waals surface area contributed by atoms with Crippen LogP contribution < -0.4 is 16.6 Å². The summed E-state index contributed by atoms with van der Waals surface area (Å²) in [6.07, 6.45) is 3.66. The molecule has 25 heavy (non-hydrogen) atoms. The van der Waals surface area contributed by atoms with Gasteiger partial charge in [0.05, 0.1) is 11.7 Å². The highest BCUT2D eigenvalue weighted by atomic mass is 32.1. The van der Waals surface area contributed by atoms with Crippen molar-refractivity contribution in [2.24, 2.45) is 11.7 Å². The van der Waals surface area contributed by atoms with E-state index in [1.165, 1.54) is 22.2 Å². The van der Waals surface area contributed by atoms with Crippen LogP contribution in [0, 0.1) is 5.92 Å². The molecule has 3 N–H and O–H groups in total. The first-order valence-electron chi connectivity index (χ1n) is 8.17. The lowest BCUT2D eigenvalue weighted by Crippen LogP contribution is -2.44. The number of rotatable bonds is 6. The Kier molecular flexibility index (Phi) is 4.41. The number of hydrogen-bond donors (Lipinski definition) is 2. The Morgan fingerprint density at radius 2 is 2.28 bits per heavy atom. The van der Waals surface area contributed by atoms with Gasteiger partial charge in [0.2, 0.25) is 5.91 Å². The second-order valence-corrected chi connectivity index (χ2v) is 8.04. The molecule has 130 valence electrons. The van der Waals surface area contributed by atoms with Crippen molar-refractivity contribution < 1.29 is 4.79 Å². The predicted octanol–water partition coefficient (Wildman–Crippen LogP) is 2.04. The largest absolute Gasteiger partial charge is 0.350 e. The summed E-state index contributed by atoms with van der Waals surface area (Å²) in [4.78, 5) is 31.3. The van der Waals surface area contributed by atoms with Crippen LogP contribution in [0.25, 0.3) is 20.7 Å². The molecule has 0 saturated heterocycles. The van der Waals surface area contributed by atoms with Crippen LogP contribution in [0.1, 0.15) is 12.8 Å². The molecule has 1 amide bonds. The molecular formula is C17H18N4O2S2. The minimum atomic E-state index is -0.196. The molecule has 3 heterocycles. The maximum absolute atomic E-state index is 12.9. The quantitative estimate of drug-likeness (QED) is 0.691. The van der Waals surface area contributed by atoms with Crippen molar-refractivity contribution in [1.29, 1.82) is 0 Å². The van der Waals surface area contributed by atoms with Gasteiger partial charge in [-0.25, -0.2) is 4.98 Å². The Bertz CT molecular complexity index is 957. The van der Waals surface area contributed by atoms with Gasteiger partial charge in [0.1, 0.15) is 11.4 Å². The third-order valence-corrected chi connectivity index (χ3v) is 6.24. The van der Waals surface area contributed by atoms with Gasteiger partial charge in [-0.2, -0.15) is 0 Å². The summed E-state index contributed by atoms with van der Waals surface area (Å²) in [6.45, 7) is 0.389. The smallest absolute Gasteiger partial charge is 0.263 e. The number of nitrogens with one attached hydrogen (secondary N) is 1. The minimum Gasteiger partial charge on any atom is -0.350 e. The van der Waals surface area contributed by atoms with Crippen LogP contribution in [-0.4, -0.2) is 28.0 Å². The monoisotopic (exact) mass is 374 g/mol. The molecule has 0 aromatic carbocycles. The molecule has 0 radical (unpaired) electrons. The minimum absolute atomic E-state index is 0.00252. The molecule has 1 saturated carbocycles. The van der Waals surface area contributed by atoms with E-state index < -0.39 is 0 Å². The number of aromatic nitrogens is 2. The molecule has 0 aliphatic heterocycles. The molecule has 1 atom stereocenters. The number of hydrogen-bond acceptors (Lipinski definition) is 6. The third kappa shape index (κ3) is 3.24. The van der Waals surface area contributed by atoms with E-state index in [9.17, 15) is 9.59 Å². The van der Waals surface area contributed by atoms with Crippen molar-refractivity contribution in [2.45, 2.75) is 25.4 Å². The van der Waals surface area contributed by atoms with E-state index >= 15 is 0 Å². The summed E-state index contributed by atoms with van der Waals surface area (Å²) >= 11 is 3.03. The topological polar surface area (TPSA) is 90.0 Å². The highest BCUT2D eigenvalue weighted by Gasteiger charge is 2.31. The highest BCUT2D eigenvalue weighted by molar-refractivity contribution is 7.18. The number of nitrogens with zero attached hydrogens (tertiary/aromatic N) is 2. The molecular weight excluding hydrogens is 356 g/mol. The van der Waals surface area contributed by atoms with Crippen LogP contribution in [0.2, 0.25) is 0 Å². The molecule has 8 heteroatoms. The second kappa shape index (κ2) is 6.70. The van der Waals surface area contributed by atoms with Crippen LogP contribution >= 0.6 is 22.7 Å².